The standard InChI is InChI=1S/C19H32N4O2S/c1-4-20-19(22-15-17-7-6-14-23(17)5-2)21-13-12-16-8-10-18(11-9-16)26(3,24)25/h8-11,17H,4-7,12-15H2,1-3H3,(H2,20,21,22). The van der Waals surface area contributed by atoms with E-state index >= 15 is 0 Å². The Kier molecular flexibility index (Phi) is 7.90. The van der Waals surface area contributed by atoms with Crippen LogP contribution in [0.4, 0.5) is 0 Å². The zero-order valence-corrected chi connectivity index (χ0v) is 17.0. The van der Waals surface area contributed by atoms with Gasteiger partial charge in [-0.25, -0.2) is 8.42 Å². The molecule has 0 aromatic heterocycles. The Morgan fingerprint density at radius 2 is 1.96 bits per heavy atom. The summed E-state index contributed by atoms with van der Waals surface area (Å²) in [5.74, 6) is 0.850. The van der Waals surface area contributed by atoms with Gasteiger partial charge in [0.15, 0.2) is 15.8 Å². The van der Waals surface area contributed by atoms with Gasteiger partial charge in [-0.2, -0.15) is 0 Å². The lowest BCUT2D eigenvalue weighted by Gasteiger charge is -2.21. The van der Waals surface area contributed by atoms with Crippen LogP contribution in [0, 0.1) is 0 Å². The quantitative estimate of drug-likeness (QED) is 0.530. The molecule has 146 valence electrons. The number of aliphatic imine (C=N–C) groups is 1. The number of sulfone groups is 1. The highest BCUT2D eigenvalue weighted by molar-refractivity contribution is 7.90. The van der Waals surface area contributed by atoms with Gasteiger partial charge in [0.05, 0.1) is 11.4 Å². The maximum absolute atomic E-state index is 11.5. The SMILES string of the molecule is CCNC(=NCC1CCCN1CC)NCCc1ccc(S(C)(=O)=O)cc1. The first-order valence-electron chi connectivity index (χ1n) is 9.49. The Bertz CT molecular complexity index is 686. The normalized spacial score (nSPS) is 18.9. The van der Waals surface area contributed by atoms with Crippen LogP contribution in [-0.2, 0) is 16.3 Å². The second-order valence-corrected chi connectivity index (χ2v) is 8.75. The fourth-order valence-corrected chi connectivity index (χ4v) is 3.92. The van der Waals surface area contributed by atoms with E-state index in [1.54, 1.807) is 12.1 Å². The molecule has 1 aliphatic rings. The fourth-order valence-electron chi connectivity index (χ4n) is 3.29. The molecule has 1 saturated heterocycles. The van der Waals surface area contributed by atoms with E-state index in [2.05, 4.69) is 29.4 Å². The highest BCUT2D eigenvalue weighted by Crippen LogP contribution is 2.16. The van der Waals surface area contributed by atoms with E-state index < -0.39 is 9.84 Å². The summed E-state index contributed by atoms with van der Waals surface area (Å²) in [6.07, 6.45) is 4.54. The van der Waals surface area contributed by atoms with Crippen LogP contribution in [0.5, 0.6) is 0 Å². The number of nitrogens with one attached hydrogen (secondary N) is 2. The molecule has 1 unspecified atom stereocenters. The van der Waals surface area contributed by atoms with E-state index in [1.165, 1.54) is 25.6 Å². The lowest BCUT2D eigenvalue weighted by Crippen LogP contribution is -2.40. The molecule has 1 atom stereocenters. The van der Waals surface area contributed by atoms with Crippen molar-refractivity contribution in [2.45, 2.75) is 44.0 Å². The molecule has 0 aliphatic carbocycles. The van der Waals surface area contributed by atoms with Crippen LogP contribution in [0.3, 0.4) is 0 Å². The van der Waals surface area contributed by atoms with Crippen molar-refractivity contribution in [1.29, 1.82) is 0 Å². The molecular formula is C19H32N4O2S. The van der Waals surface area contributed by atoms with E-state index in [-0.39, 0.29) is 0 Å². The Hall–Kier alpha value is -1.60. The van der Waals surface area contributed by atoms with Crippen LogP contribution in [0.25, 0.3) is 0 Å². The lowest BCUT2D eigenvalue weighted by molar-refractivity contribution is 0.273. The van der Waals surface area contributed by atoms with Gasteiger partial charge in [-0.05, 0) is 57.0 Å². The zero-order chi connectivity index (χ0) is 19.0. The zero-order valence-electron chi connectivity index (χ0n) is 16.2. The summed E-state index contributed by atoms with van der Waals surface area (Å²) < 4.78 is 23.0. The molecule has 0 bridgehead atoms. The number of hydrogen-bond donors (Lipinski definition) is 2. The molecule has 6 nitrogen and oxygen atoms in total. The molecule has 0 spiro atoms. The van der Waals surface area contributed by atoms with Gasteiger partial charge in [0.1, 0.15) is 0 Å². The fraction of sp³-hybridized carbons (Fsp3) is 0.632. The van der Waals surface area contributed by atoms with Crippen LogP contribution < -0.4 is 10.6 Å². The largest absolute Gasteiger partial charge is 0.357 e. The number of rotatable bonds is 8. The number of nitrogens with zero attached hydrogens (tertiary/aromatic N) is 2. The maximum atomic E-state index is 11.5. The van der Waals surface area contributed by atoms with Crippen molar-refractivity contribution in [1.82, 2.24) is 15.5 Å². The topological polar surface area (TPSA) is 73.8 Å². The molecule has 1 aliphatic heterocycles. The summed E-state index contributed by atoms with van der Waals surface area (Å²) >= 11 is 0. The second-order valence-electron chi connectivity index (χ2n) is 6.74. The molecule has 26 heavy (non-hydrogen) atoms. The summed E-state index contributed by atoms with van der Waals surface area (Å²) in [7, 11) is -3.13. The average molecular weight is 381 g/mol. The molecule has 2 rings (SSSR count). The molecule has 2 N–H and O–H groups in total. The predicted molar refractivity (Wildman–Crippen MR) is 108 cm³/mol. The number of hydrogen-bond acceptors (Lipinski definition) is 4. The second kappa shape index (κ2) is 9.92. The van der Waals surface area contributed by atoms with Gasteiger partial charge in [0, 0.05) is 25.4 Å². The van der Waals surface area contributed by atoms with E-state index in [0.717, 1.165) is 44.1 Å². The third-order valence-corrected chi connectivity index (χ3v) is 5.90. The first kappa shape index (κ1) is 20.7. The third-order valence-electron chi connectivity index (χ3n) is 4.77. The van der Waals surface area contributed by atoms with Gasteiger partial charge in [-0.15, -0.1) is 0 Å². The first-order valence-corrected chi connectivity index (χ1v) is 11.4. The molecule has 1 aromatic rings. The molecule has 7 heteroatoms. The predicted octanol–water partition coefficient (Wildman–Crippen LogP) is 1.67. The van der Waals surface area contributed by atoms with Gasteiger partial charge in [-0.3, -0.25) is 9.89 Å². The maximum Gasteiger partial charge on any atom is 0.191 e. The first-order chi connectivity index (χ1) is 12.4. The lowest BCUT2D eigenvalue weighted by atomic mass is 10.1. The van der Waals surface area contributed by atoms with Crippen molar-refractivity contribution in [3.8, 4) is 0 Å². The minimum atomic E-state index is -3.13. The van der Waals surface area contributed by atoms with E-state index in [1.807, 2.05) is 12.1 Å². The Morgan fingerprint density at radius 1 is 1.23 bits per heavy atom. The van der Waals surface area contributed by atoms with E-state index in [0.29, 0.717) is 10.9 Å². The molecule has 0 saturated carbocycles. The van der Waals surface area contributed by atoms with Gasteiger partial charge >= 0.3 is 0 Å². The minimum Gasteiger partial charge on any atom is -0.357 e. The van der Waals surface area contributed by atoms with Crippen LogP contribution >= 0.6 is 0 Å². The van der Waals surface area contributed by atoms with Crippen LogP contribution in [0.1, 0.15) is 32.3 Å². The molecule has 1 fully saturated rings. The smallest absolute Gasteiger partial charge is 0.191 e. The molecule has 1 aromatic carbocycles. The monoisotopic (exact) mass is 380 g/mol. The van der Waals surface area contributed by atoms with Crippen molar-refractivity contribution in [3.05, 3.63) is 29.8 Å². The molecule has 1 heterocycles. The van der Waals surface area contributed by atoms with Gasteiger partial charge < -0.3 is 10.6 Å². The molecule has 0 amide bonds. The minimum absolute atomic E-state index is 0.362. The number of likely N-dealkylation sites (N-methyl/N-ethyl adjacent to an activating group) is 1. The Labute approximate surface area is 158 Å². The van der Waals surface area contributed by atoms with Crippen molar-refractivity contribution in [3.63, 3.8) is 0 Å². The molecule has 0 radical (unpaired) electrons. The van der Waals surface area contributed by atoms with Crippen molar-refractivity contribution < 1.29 is 8.42 Å². The average Bonchev–Trinajstić information content (AvgIpc) is 3.07. The Balaban J connectivity index is 1.85. The summed E-state index contributed by atoms with van der Waals surface area (Å²) in [6, 6.07) is 7.64. The van der Waals surface area contributed by atoms with Crippen molar-refractivity contribution >= 4 is 15.8 Å². The van der Waals surface area contributed by atoms with Gasteiger partial charge in [0.2, 0.25) is 0 Å². The number of likely N-dealkylation sites (tertiary alicyclic amines) is 1. The van der Waals surface area contributed by atoms with Crippen LogP contribution in [0.15, 0.2) is 34.2 Å². The van der Waals surface area contributed by atoms with Gasteiger partial charge in [0.25, 0.3) is 0 Å². The van der Waals surface area contributed by atoms with E-state index in [9.17, 15) is 8.42 Å². The van der Waals surface area contributed by atoms with Crippen LogP contribution in [-0.4, -0.2) is 64.3 Å². The number of guanidine groups is 1. The van der Waals surface area contributed by atoms with E-state index in [4.69, 9.17) is 4.99 Å². The van der Waals surface area contributed by atoms with Crippen LogP contribution in [0.2, 0.25) is 0 Å². The highest BCUT2D eigenvalue weighted by atomic mass is 32.2. The van der Waals surface area contributed by atoms with Crippen molar-refractivity contribution in [2.75, 3.05) is 39.0 Å². The Morgan fingerprint density at radius 3 is 2.58 bits per heavy atom. The summed E-state index contributed by atoms with van der Waals surface area (Å²) in [5.41, 5.74) is 1.11. The van der Waals surface area contributed by atoms with Gasteiger partial charge in [-0.1, -0.05) is 19.1 Å². The highest BCUT2D eigenvalue weighted by Gasteiger charge is 2.22. The third kappa shape index (κ3) is 6.29. The summed E-state index contributed by atoms with van der Waals surface area (Å²) in [4.78, 5) is 7.60. The number of benzene rings is 1. The summed E-state index contributed by atoms with van der Waals surface area (Å²) in [5, 5.41) is 6.67. The molecular weight excluding hydrogens is 348 g/mol. The summed E-state index contributed by atoms with van der Waals surface area (Å²) in [6.45, 7) is 8.96. The van der Waals surface area contributed by atoms with Crippen molar-refractivity contribution in [2.24, 2.45) is 4.99 Å².